The Labute approximate surface area is 146 Å². The number of aryl methyl sites for hydroxylation is 2. The van der Waals surface area contributed by atoms with Crippen LogP contribution in [0.25, 0.3) is 22.2 Å². The average molecular weight is 331 g/mol. The van der Waals surface area contributed by atoms with Gasteiger partial charge in [-0.2, -0.15) is 0 Å². The molecule has 4 heteroatoms. The van der Waals surface area contributed by atoms with E-state index >= 15 is 0 Å². The highest BCUT2D eigenvalue weighted by Crippen LogP contribution is 2.37. The van der Waals surface area contributed by atoms with Gasteiger partial charge in [0.2, 0.25) is 0 Å². The van der Waals surface area contributed by atoms with Gasteiger partial charge in [-0.3, -0.25) is 0 Å². The Bertz CT molecular complexity index is 977. The molecule has 0 aliphatic heterocycles. The third-order valence-corrected chi connectivity index (χ3v) is 5.08. The van der Waals surface area contributed by atoms with Crippen molar-refractivity contribution in [3.8, 4) is 11.3 Å². The highest BCUT2D eigenvalue weighted by atomic mass is 16.3. The number of anilines is 1. The first-order valence-electron chi connectivity index (χ1n) is 8.58. The highest BCUT2D eigenvalue weighted by Gasteiger charge is 2.25. The van der Waals surface area contributed by atoms with Gasteiger partial charge >= 0.3 is 0 Å². The monoisotopic (exact) mass is 331 g/mol. The lowest BCUT2D eigenvalue weighted by molar-refractivity contribution is 0.159. The molecule has 1 aliphatic rings. The molecular formula is C21H21N3O. The summed E-state index contributed by atoms with van der Waals surface area (Å²) in [6.45, 7) is 2.07. The minimum absolute atomic E-state index is 0.347. The van der Waals surface area contributed by atoms with Crippen molar-refractivity contribution in [1.82, 2.24) is 4.98 Å². The third-order valence-electron chi connectivity index (χ3n) is 5.08. The molecule has 0 saturated carbocycles. The first kappa shape index (κ1) is 15.8. The highest BCUT2D eigenvalue weighted by molar-refractivity contribution is 6.05. The van der Waals surface area contributed by atoms with E-state index in [1.165, 1.54) is 17.3 Å². The zero-order valence-electron chi connectivity index (χ0n) is 14.2. The number of aromatic nitrogens is 1. The number of benzene rings is 2. The number of nitrogen functional groups attached to an aromatic ring is 1. The molecule has 1 unspecified atom stereocenters. The molecule has 0 radical (unpaired) electrons. The molecule has 3 aromatic rings. The standard InChI is InChI=1S/C21H21N3O/c1-12-2-4-13(5-3-12)21-16-10-14(25)6-7-15(16)20-17(11-22)18(23)8-9-19(20)24-21/h2-5,8-9,11,14,22,25H,6-7,10,23H2,1H3. The Kier molecular flexibility index (Phi) is 3.77. The zero-order valence-corrected chi connectivity index (χ0v) is 14.2. The van der Waals surface area contributed by atoms with E-state index in [4.69, 9.17) is 16.1 Å². The van der Waals surface area contributed by atoms with Gasteiger partial charge in [0.05, 0.1) is 17.3 Å². The van der Waals surface area contributed by atoms with Crippen molar-refractivity contribution in [1.29, 1.82) is 5.41 Å². The fourth-order valence-electron chi connectivity index (χ4n) is 3.77. The van der Waals surface area contributed by atoms with Crippen molar-refractivity contribution < 1.29 is 5.11 Å². The normalized spacial score (nSPS) is 16.6. The van der Waals surface area contributed by atoms with Gasteiger partial charge in [0, 0.05) is 34.8 Å². The van der Waals surface area contributed by atoms with Gasteiger partial charge in [-0.25, -0.2) is 4.98 Å². The fraction of sp³-hybridized carbons (Fsp3) is 0.238. The SMILES string of the molecule is Cc1ccc(-c2nc3ccc(N)c(C=N)c3c3c2CC(O)CC3)cc1. The summed E-state index contributed by atoms with van der Waals surface area (Å²) >= 11 is 0. The largest absolute Gasteiger partial charge is 0.398 e. The van der Waals surface area contributed by atoms with Crippen LogP contribution in [0.5, 0.6) is 0 Å². The second kappa shape index (κ2) is 5.97. The van der Waals surface area contributed by atoms with E-state index in [1.54, 1.807) is 0 Å². The number of nitrogens with zero attached hydrogens (tertiary/aromatic N) is 1. The van der Waals surface area contributed by atoms with Crippen molar-refractivity contribution in [3.05, 3.63) is 58.7 Å². The number of pyridine rings is 1. The summed E-state index contributed by atoms with van der Waals surface area (Å²) in [5, 5.41) is 19.0. The lowest BCUT2D eigenvalue weighted by Gasteiger charge is -2.25. The first-order chi connectivity index (χ1) is 12.1. The summed E-state index contributed by atoms with van der Waals surface area (Å²) in [4.78, 5) is 4.90. The van der Waals surface area contributed by atoms with Gasteiger partial charge in [0.1, 0.15) is 0 Å². The minimum atomic E-state index is -0.347. The molecule has 1 atom stereocenters. The summed E-state index contributed by atoms with van der Waals surface area (Å²) in [5.74, 6) is 0. The Balaban J connectivity index is 2.08. The van der Waals surface area contributed by atoms with Crippen molar-refractivity contribution >= 4 is 22.8 Å². The predicted molar refractivity (Wildman–Crippen MR) is 102 cm³/mol. The first-order valence-corrected chi connectivity index (χ1v) is 8.58. The zero-order chi connectivity index (χ0) is 17.6. The molecule has 4 nitrogen and oxygen atoms in total. The number of hydrogen-bond acceptors (Lipinski definition) is 4. The molecule has 1 aromatic heterocycles. The molecule has 25 heavy (non-hydrogen) atoms. The number of nitrogens with one attached hydrogen (secondary N) is 1. The van der Waals surface area contributed by atoms with Crippen LogP contribution in [0, 0.1) is 12.3 Å². The molecule has 0 saturated heterocycles. The second-order valence-electron chi connectivity index (χ2n) is 6.79. The van der Waals surface area contributed by atoms with Crippen LogP contribution in [-0.4, -0.2) is 22.4 Å². The molecule has 0 amide bonds. The van der Waals surface area contributed by atoms with Crippen LogP contribution < -0.4 is 5.73 Å². The Morgan fingerprint density at radius 2 is 1.92 bits per heavy atom. The molecule has 1 aliphatic carbocycles. The van der Waals surface area contributed by atoms with Crippen molar-refractivity contribution in [3.63, 3.8) is 0 Å². The van der Waals surface area contributed by atoms with E-state index in [0.29, 0.717) is 12.1 Å². The molecule has 2 aromatic carbocycles. The Morgan fingerprint density at radius 3 is 2.64 bits per heavy atom. The summed E-state index contributed by atoms with van der Waals surface area (Å²) in [6, 6.07) is 12.1. The van der Waals surface area contributed by atoms with E-state index in [1.807, 2.05) is 12.1 Å². The van der Waals surface area contributed by atoms with Gasteiger partial charge in [0.25, 0.3) is 0 Å². The van der Waals surface area contributed by atoms with Crippen molar-refractivity contribution in [2.75, 3.05) is 5.73 Å². The lowest BCUT2D eigenvalue weighted by Crippen LogP contribution is -2.21. The van der Waals surface area contributed by atoms with E-state index in [-0.39, 0.29) is 6.10 Å². The summed E-state index contributed by atoms with van der Waals surface area (Å²) in [7, 11) is 0. The summed E-state index contributed by atoms with van der Waals surface area (Å²) in [6.07, 6.45) is 3.06. The van der Waals surface area contributed by atoms with Gasteiger partial charge in [-0.05, 0) is 43.0 Å². The van der Waals surface area contributed by atoms with Crippen LogP contribution in [0.1, 0.15) is 28.7 Å². The predicted octanol–water partition coefficient (Wildman–Crippen LogP) is 3.64. The lowest BCUT2D eigenvalue weighted by atomic mass is 9.83. The Morgan fingerprint density at radius 1 is 1.16 bits per heavy atom. The summed E-state index contributed by atoms with van der Waals surface area (Å²) in [5.41, 5.74) is 13.7. The van der Waals surface area contributed by atoms with Crippen LogP contribution in [-0.2, 0) is 12.8 Å². The number of hydrogen-bond donors (Lipinski definition) is 3. The maximum absolute atomic E-state index is 10.2. The molecular weight excluding hydrogens is 310 g/mol. The summed E-state index contributed by atoms with van der Waals surface area (Å²) < 4.78 is 0. The molecule has 0 spiro atoms. The van der Waals surface area contributed by atoms with E-state index in [9.17, 15) is 5.11 Å². The third kappa shape index (κ3) is 2.59. The van der Waals surface area contributed by atoms with E-state index in [0.717, 1.165) is 46.1 Å². The molecule has 1 heterocycles. The van der Waals surface area contributed by atoms with Crippen LogP contribution in [0.15, 0.2) is 36.4 Å². The second-order valence-corrected chi connectivity index (χ2v) is 6.79. The fourth-order valence-corrected chi connectivity index (χ4v) is 3.77. The van der Waals surface area contributed by atoms with E-state index in [2.05, 4.69) is 31.2 Å². The van der Waals surface area contributed by atoms with Gasteiger partial charge in [-0.1, -0.05) is 29.8 Å². The van der Waals surface area contributed by atoms with E-state index < -0.39 is 0 Å². The topological polar surface area (TPSA) is 83.0 Å². The maximum Gasteiger partial charge on any atom is 0.0745 e. The molecule has 4 rings (SSSR count). The van der Waals surface area contributed by atoms with Gasteiger partial charge < -0.3 is 16.2 Å². The Hall–Kier alpha value is -2.72. The average Bonchev–Trinajstić information content (AvgIpc) is 2.61. The van der Waals surface area contributed by atoms with Crippen LogP contribution in [0.4, 0.5) is 5.69 Å². The maximum atomic E-state index is 10.2. The number of fused-ring (bicyclic) bond motifs is 3. The number of nitrogens with two attached hydrogens (primary N) is 1. The number of rotatable bonds is 2. The van der Waals surface area contributed by atoms with Gasteiger partial charge in [0.15, 0.2) is 0 Å². The van der Waals surface area contributed by atoms with Crippen LogP contribution in [0.3, 0.4) is 0 Å². The molecule has 0 fully saturated rings. The quantitative estimate of drug-likeness (QED) is 0.495. The van der Waals surface area contributed by atoms with Crippen LogP contribution >= 0.6 is 0 Å². The van der Waals surface area contributed by atoms with Crippen molar-refractivity contribution in [2.24, 2.45) is 0 Å². The molecule has 0 bridgehead atoms. The van der Waals surface area contributed by atoms with Crippen LogP contribution in [0.2, 0.25) is 0 Å². The molecule has 4 N–H and O–H groups in total. The number of aliphatic hydroxyl groups is 1. The smallest absolute Gasteiger partial charge is 0.0745 e. The van der Waals surface area contributed by atoms with Gasteiger partial charge in [-0.15, -0.1) is 0 Å². The van der Waals surface area contributed by atoms with Crippen molar-refractivity contribution in [2.45, 2.75) is 32.3 Å². The molecule has 126 valence electrons. The minimum Gasteiger partial charge on any atom is -0.398 e. The number of aliphatic hydroxyl groups excluding tert-OH is 1.